The lowest BCUT2D eigenvalue weighted by atomic mass is 9.93. The Bertz CT molecular complexity index is 2170. The Labute approximate surface area is 402 Å². The van der Waals surface area contributed by atoms with Crippen LogP contribution in [-0.4, -0.2) is 113 Å². The Morgan fingerprint density at radius 1 is 0.297 bits per heavy atom. The second-order valence-corrected chi connectivity index (χ2v) is 20.5. The molecule has 0 spiro atoms. The number of rotatable bonds is 31. The van der Waals surface area contributed by atoms with Gasteiger partial charge in [0.25, 0.3) is 0 Å². The van der Waals surface area contributed by atoms with Gasteiger partial charge >= 0.3 is 71.6 Å². The summed E-state index contributed by atoms with van der Waals surface area (Å²) < 4.78 is 407. The van der Waals surface area contributed by atoms with Gasteiger partial charge in [0.1, 0.15) is 11.5 Å². The predicted molar refractivity (Wildman–Crippen MR) is 205 cm³/mol. The molecule has 0 bridgehead atoms. The fraction of sp³-hybridized carbons (Fsp3) is 0.700. The van der Waals surface area contributed by atoms with Crippen LogP contribution >= 0.6 is 0 Å². The Morgan fingerprint density at radius 2 is 0.514 bits per heavy atom. The molecule has 430 valence electrons. The molecule has 2 rings (SSSR count). The van der Waals surface area contributed by atoms with E-state index in [-0.39, 0.29) is 24.7 Å². The lowest BCUT2D eigenvalue weighted by molar-refractivity contribution is -0.439. The lowest BCUT2D eigenvalue weighted by Crippen LogP contribution is -2.70. The highest BCUT2D eigenvalue weighted by molar-refractivity contribution is 7.91. The zero-order valence-corrected chi connectivity index (χ0v) is 38.7. The van der Waals surface area contributed by atoms with Crippen molar-refractivity contribution in [1.82, 2.24) is 0 Å². The van der Waals surface area contributed by atoms with Crippen LogP contribution in [0.25, 0.3) is 0 Å². The van der Waals surface area contributed by atoms with Crippen molar-refractivity contribution in [3.8, 4) is 11.5 Å². The summed E-state index contributed by atoms with van der Waals surface area (Å²) in [7, 11) is -10.2. The smallest absolute Gasteiger partial charge is 0.460 e. The molecule has 0 radical (unpaired) electrons. The number of hydrogen-bond acceptors (Lipinski definition) is 6. The van der Waals surface area contributed by atoms with Crippen LogP contribution in [-0.2, 0) is 19.7 Å². The fourth-order valence-electron chi connectivity index (χ4n) is 6.16. The van der Waals surface area contributed by atoms with Gasteiger partial charge in [-0.05, 0) is 61.4 Å². The van der Waals surface area contributed by atoms with Crippen LogP contribution in [0.1, 0.15) is 77.0 Å². The van der Waals surface area contributed by atoms with Crippen molar-refractivity contribution in [2.24, 2.45) is 0 Å². The van der Waals surface area contributed by atoms with Gasteiger partial charge < -0.3 is 9.47 Å². The highest BCUT2D eigenvalue weighted by atomic mass is 32.2. The highest BCUT2D eigenvalue weighted by Gasteiger charge is 2.92. The first-order valence-electron chi connectivity index (χ1n) is 20.9. The summed E-state index contributed by atoms with van der Waals surface area (Å²) in [4.78, 5) is -1.82. The van der Waals surface area contributed by atoms with E-state index in [1.54, 1.807) is 0 Å². The van der Waals surface area contributed by atoms with E-state index in [1.807, 2.05) is 0 Å². The van der Waals surface area contributed by atoms with Crippen molar-refractivity contribution in [3.05, 3.63) is 48.5 Å². The van der Waals surface area contributed by atoms with Crippen molar-refractivity contribution < 1.29 is 140 Å². The molecule has 0 aliphatic rings. The number of hydrogen-bond donors (Lipinski definition) is 0. The predicted octanol–water partition coefficient (Wildman–Crippen LogP) is 14.9. The fourth-order valence-corrected chi connectivity index (χ4v) is 8.79. The van der Waals surface area contributed by atoms with Crippen LogP contribution in [0.5, 0.6) is 11.5 Å². The molecule has 34 heteroatoms. The van der Waals surface area contributed by atoms with Crippen LogP contribution in [0.15, 0.2) is 58.3 Å². The standard InChI is InChI=1S/C40H40F26O6S2/c41-29(42,31(45,46)33(49,50)35(53,54)37(57,58)39(61,62)63)19-23-73(67,68)27-15-11-25(12-16-27)71-21-9-7-5-3-1-2-4-6-8-10-22-72-26-13-17-28(18-14-26)74(69,70)24-20-30(43,44)32(47,48)34(51,52)36(55,56)38(59,60)40(64,65)66/h11-18H,1-10,19-24H2. The van der Waals surface area contributed by atoms with E-state index in [9.17, 15) is 131 Å². The van der Waals surface area contributed by atoms with E-state index in [4.69, 9.17) is 9.47 Å². The molecule has 0 fully saturated rings. The van der Waals surface area contributed by atoms with Gasteiger partial charge in [-0.15, -0.1) is 0 Å². The van der Waals surface area contributed by atoms with E-state index in [2.05, 4.69) is 0 Å². The van der Waals surface area contributed by atoms with Gasteiger partial charge in [-0.2, -0.15) is 114 Å². The molecule has 0 aliphatic carbocycles. The maximum absolute atomic E-state index is 14.1. The number of sulfone groups is 2. The molecule has 0 atom stereocenters. The zero-order chi connectivity index (χ0) is 57.7. The second-order valence-electron chi connectivity index (χ2n) is 16.3. The third kappa shape index (κ3) is 13.8. The lowest BCUT2D eigenvalue weighted by Gasteiger charge is -2.39. The molecule has 0 heterocycles. The second kappa shape index (κ2) is 23.0. The van der Waals surface area contributed by atoms with Crippen LogP contribution in [0, 0.1) is 0 Å². The molecule has 0 unspecified atom stereocenters. The minimum atomic E-state index is -8.12. The van der Waals surface area contributed by atoms with E-state index in [0.29, 0.717) is 49.9 Å². The third-order valence-corrected chi connectivity index (χ3v) is 14.3. The van der Waals surface area contributed by atoms with Crippen molar-refractivity contribution in [2.45, 2.75) is 158 Å². The van der Waals surface area contributed by atoms with E-state index >= 15 is 0 Å². The summed E-state index contributed by atoms with van der Waals surface area (Å²) in [6.45, 7) is 0.123. The van der Waals surface area contributed by atoms with Crippen molar-refractivity contribution in [2.75, 3.05) is 24.7 Å². The summed E-state index contributed by atoms with van der Waals surface area (Å²) >= 11 is 0. The van der Waals surface area contributed by atoms with E-state index in [1.165, 1.54) is 0 Å². The molecule has 0 aliphatic heterocycles. The van der Waals surface area contributed by atoms with Gasteiger partial charge in [-0.25, -0.2) is 16.8 Å². The van der Waals surface area contributed by atoms with Crippen LogP contribution in [0.4, 0.5) is 114 Å². The van der Waals surface area contributed by atoms with Gasteiger partial charge in [-0.3, -0.25) is 0 Å². The minimum Gasteiger partial charge on any atom is -0.494 e. The first kappa shape index (κ1) is 66.2. The molecule has 2 aromatic carbocycles. The average Bonchev–Trinajstić information content (AvgIpc) is 3.27. The molecule has 0 amide bonds. The Balaban J connectivity index is 1.70. The maximum Gasteiger partial charge on any atom is 0.460 e. The number of benzene rings is 2. The Hall–Kier alpha value is -3.88. The first-order valence-corrected chi connectivity index (χ1v) is 24.2. The van der Waals surface area contributed by atoms with Gasteiger partial charge in [0.05, 0.1) is 34.5 Å². The molecular formula is C40H40F26O6S2. The van der Waals surface area contributed by atoms with Gasteiger partial charge in [0.15, 0.2) is 19.7 Å². The van der Waals surface area contributed by atoms with Crippen LogP contribution < -0.4 is 9.47 Å². The van der Waals surface area contributed by atoms with Crippen LogP contribution in [0.2, 0.25) is 0 Å². The first-order chi connectivity index (χ1) is 33.1. The topological polar surface area (TPSA) is 86.7 Å². The van der Waals surface area contributed by atoms with Gasteiger partial charge in [0, 0.05) is 12.8 Å². The maximum atomic E-state index is 14.1. The molecular weight excluding hydrogens is 1130 g/mol. The summed E-state index contributed by atoms with van der Waals surface area (Å²) in [5.41, 5.74) is 0. The van der Waals surface area contributed by atoms with Crippen molar-refractivity contribution >= 4 is 19.7 Å². The third-order valence-electron chi connectivity index (χ3n) is 10.8. The van der Waals surface area contributed by atoms with Crippen LogP contribution in [0.3, 0.4) is 0 Å². The monoisotopic (exact) mass is 1170 g/mol. The Kier molecular flexibility index (Phi) is 20.6. The summed E-state index contributed by atoms with van der Waals surface area (Å²) in [6, 6.07) is 6.60. The number of halogens is 26. The number of ether oxygens (including phenoxy) is 2. The Morgan fingerprint density at radius 3 is 0.743 bits per heavy atom. The minimum absolute atomic E-state index is 0.00662. The van der Waals surface area contributed by atoms with Crippen molar-refractivity contribution in [1.29, 1.82) is 0 Å². The molecule has 0 saturated heterocycles. The van der Waals surface area contributed by atoms with E-state index < -0.39 is 125 Å². The molecule has 0 N–H and O–H groups in total. The molecule has 0 aromatic heterocycles. The quantitative estimate of drug-likeness (QED) is 0.0552. The summed E-state index contributed by atoms with van der Waals surface area (Å²) in [5.74, 6) is -80.9. The normalized spacial score (nSPS) is 14.9. The summed E-state index contributed by atoms with van der Waals surface area (Å²) in [5, 5.41) is 0. The zero-order valence-electron chi connectivity index (χ0n) is 37.0. The molecule has 6 nitrogen and oxygen atoms in total. The van der Waals surface area contributed by atoms with Gasteiger partial charge in [-0.1, -0.05) is 51.4 Å². The van der Waals surface area contributed by atoms with Crippen molar-refractivity contribution in [3.63, 3.8) is 0 Å². The number of unbranched alkanes of at least 4 members (excludes halogenated alkanes) is 9. The molecule has 2 aromatic rings. The summed E-state index contributed by atoms with van der Waals surface area (Å²) in [6.07, 6.45) is -14.2. The molecule has 0 saturated carbocycles. The van der Waals surface area contributed by atoms with Gasteiger partial charge in [0.2, 0.25) is 0 Å². The average molecular weight is 1170 g/mol. The molecule has 74 heavy (non-hydrogen) atoms. The van der Waals surface area contributed by atoms with E-state index in [0.717, 1.165) is 62.8 Å². The number of alkyl halides is 26. The largest absolute Gasteiger partial charge is 0.494 e. The SMILES string of the molecule is O=S(=O)(CCC(F)(F)C(F)(F)C(F)(F)C(F)(F)C(F)(F)C(F)(F)F)c1ccc(OCCCCCCCCCCCCOc2ccc(S(=O)(=O)CCC(F)(F)C(F)(F)C(F)(F)C(F)(F)C(F)(F)C(F)(F)F)cc2)cc1. The highest BCUT2D eigenvalue weighted by Crippen LogP contribution is 2.62.